The number of carbonyl (C=O) groups is 1. The lowest BCUT2D eigenvalue weighted by Gasteiger charge is -2.35. The average Bonchev–Trinajstić information content (AvgIpc) is 2.37. The van der Waals surface area contributed by atoms with Crippen LogP contribution >= 0.6 is 11.6 Å². The predicted molar refractivity (Wildman–Crippen MR) is 79.5 cm³/mol. The third kappa shape index (κ3) is 3.72. The minimum absolute atomic E-state index is 0.0106. The lowest BCUT2D eigenvalue weighted by atomic mass is 9.77. The Kier molecular flexibility index (Phi) is 5.40. The lowest BCUT2D eigenvalue weighted by molar-refractivity contribution is -0.124. The van der Waals surface area contributed by atoms with Crippen molar-refractivity contribution in [2.24, 2.45) is 11.7 Å². The molecule has 4 nitrogen and oxygen atoms in total. The third-order valence-corrected chi connectivity index (χ3v) is 4.08. The molecule has 5 heteroatoms. The Bertz CT molecular complexity index is 446. The highest BCUT2D eigenvalue weighted by Crippen LogP contribution is 2.37. The molecule has 3 N–H and O–H groups in total. The van der Waals surface area contributed by atoms with E-state index in [0.717, 1.165) is 18.4 Å². The van der Waals surface area contributed by atoms with Gasteiger partial charge in [-0.1, -0.05) is 30.2 Å². The van der Waals surface area contributed by atoms with Crippen LogP contribution in [-0.2, 0) is 9.53 Å². The van der Waals surface area contributed by atoms with Crippen LogP contribution < -0.4 is 11.1 Å². The number of halogens is 1. The molecule has 110 valence electrons. The first kappa shape index (κ1) is 15.3. The van der Waals surface area contributed by atoms with Crippen LogP contribution in [0.1, 0.15) is 30.9 Å². The number of hydrogen-bond acceptors (Lipinski definition) is 3. The molecule has 0 saturated heterocycles. The molecule has 1 fully saturated rings. The van der Waals surface area contributed by atoms with E-state index in [2.05, 4.69) is 5.32 Å². The van der Waals surface area contributed by atoms with Gasteiger partial charge in [0, 0.05) is 12.1 Å². The van der Waals surface area contributed by atoms with Crippen LogP contribution in [0.4, 0.5) is 0 Å². The summed E-state index contributed by atoms with van der Waals surface area (Å²) in [6.07, 6.45) is 3.48. The van der Waals surface area contributed by atoms with Crippen LogP contribution in [0.2, 0.25) is 5.02 Å². The molecule has 1 aliphatic carbocycles. The highest BCUT2D eigenvalue weighted by molar-refractivity contribution is 6.30. The molecule has 0 radical (unpaired) electrons. The van der Waals surface area contributed by atoms with Gasteiger partial charge >= 0.3 is 0 Å². The van der Waals surface area contributed by atoms with Gasteiger partial charge < -0.3 is 15.8 Å². The summed E-state index contributed by atoms with van der Waals surface area (Å²) in [7, 11) is 1.54. The zero-order chi connectivity index (χ0) is 14.5. The molecular weight excluding hydrogens is 276 g/mol. The highest BCUT2D eigenvalue weighted by atomic mass is 35.5. The summed E-state index contributed by atoms with van der Waals surface area (Å²) in [5.41, 5.74) is 6.86. The summed E-state index contributed by atoms with van der Waals surface area (Å²) in [6.45, 7) is 0.226. The van der Waals surface area contributed by atoms with Crippen molar-refractivity contribution in [2.45, 2.75) is 31.3 Å². The van der Waals surface area contributed by atoms with Crippen molar-refractivity contribution in [2.75, 3.05) is 13.7 Å². The fourth-order valence-electron chi connectivity index (χ4n) is 2.43. The van der Waals surface area contributed by atoms with Crippen molar-refractivity contribution in [3.05, 3.63) is 34.9 Å². The molecule has 2 atom stereocenters. The van der Waals surface area contributed by atoms with Gasteiger partial charge in [-0.2, -0.15) is 0 Å². The van der Waals surface area contributed by atoms with Crippen LogP contribution in [-0.4, -0.2) is 25.7 Å². The number of methoxy groups -OCH3 is 1. The number of ether oxygens (including phenoxy) is 1. The number of amides is 1. The van der Waals surface area contributed by atoms with Gasteiger partial charge in [-0.25, -0.2) is 0 Å². The van der Waals surface area contributed by atoms with E-state index in [1.165, 1.54) is 13.5 Å². The Balaban J connectivity index is 2.08. The van der Waals surface area contributed by atoms with Crippen molar-refractivity contribution in [1.29, 1.82) is 0 Å². The molecule has 20 heavy (non-hydrogen) atoms. The van der Waals surface area contributed by atoms with Gasteiger partial charge in [-0.3, -0.25) is 4.79 Å². The van der Waals surface area contributed by atoms with Gasteiger partial charge in [-0.05, 0) is 36.5 Å². The zero-order valence-corrected chi connectivity index (χ0v) is 12.4. The quantitative estimate of drug-likeness (QED) is 0.846. The summed E-state index contributed by atoms with van der Waals surface area (Å²) in [6, 6.07) is 7.01. The minimum atomic E-state index is -0.630. The summed E-state index contributed by atoms with van der Waals surface area (Å²) < 4.78 is 4.93. The van der Waals surface area contributed by atoms with Crippen LogP contribution in [0.3, 0.4) is 0 Å². The van der Waals surface area contributed by atoms with Gasteiger partial charge in [0.25, 0.3) is 0 Å². The summed E-state index contributed by atoms with van der Waals surface area (Å²) in [4.78, 5) is 12.1. The largest absolute Gasteiger partial charge is 0.383 e. The van der Waals surface area contributed by atoms with Gasteiger partial charge in [0.1, 0.15) is 6.04 Å². The fraction of sp³-hybridized carbons (Fsp3) is 0.533. The molecule has 1 amide bonds. The smallest absolute Gasteiger partial charge is 0.239 e. The minimum Gasteiger partial charge on any atom is -0.383 e. The van der Waals surface area contributed by atoms with Crippen LogP contribution in [0.25, 0.3) is 0 Å². The average molecular weight is 297 g/mol. The van der Waals surface area contributed by atoms with E-state index in [-0.39, 0.29) is 18.6 Å². The molecule has 2 rings (SSSR count). The third-order valence-electron chi connectivity index (χ3n) is 3.83. The van der Waals surface area contributed by atoms with Crippen molar-refractivity contribution >= 4 is 17.5 Å². The molecule has 0 spiro atoms. The highest BCUT2D eigenvalue weighted by Gasteiger charge is 2.30. The predicted octanol–water partition coefficient (Wildman–Crippen LogP) is 2.27. The zero-order valence-electron chi connectivity index (χ0n) is 11.6. The van der Waals surface area contributed by atoms with Crippen molar-refractivity contribution in [3.8, 4) is 0 Å². The first-order valence-corrected chi connectivity index (χ1v) is 7.30. The number of rotatable bonds is 6. The van der Waals surface area contributed by atoms with Gasteiger partial charge in [0.2, 0.25) is 5.91 Å². The number of benzene rings is 1. The van der Waals surface area contributed by atoms with Crippen molar-refractivity contribution in [3.63, 3.8) is 0 Å². The van der Waals surface area contributed by atoms with E-state index in [4.69, 9.17) is 22.1 Å². The molecular formula is C15H21ClN2O2. The first-order valence-electron chi connectivity index (χ1n) is 6.92. The normalized spacial score (nSPS) is 18.1. The topological polar surface area (TPSA) is 64.3 Å². The maximum Gasteiger partial charge on any atom is 0.239 e. The number of hydrogen-bond donors (Lipinski definition) is 2. The number of nitrogens with two attached hydrogens (primary N) is 1. The standard InChI is InChI=1S/C15H21ClN2O2/c1-20-9-13(17)15(19)18-14(10-3-2-4-10)11-5-7-12(16)8-6-11/h5-8,10,13-14H,2-4,9,17H2,1H3,(H,18,19). The molecule has 0 aromatic heterocycles. The molecule has 1 aliphatic rings. The van der Waals surface area contributed by atoms with E-state index in [9.17, 15) is 4.79 Å². The molecule has 0 bridgehead atoms. The Labute approximate surface area is 124 Å². The van der Waals surface area contributed by atoms with E-state index in [1.54, 1.807) is 0 Å². The molecule has 1 aromatic carbocycles. The Hall–Kier alpha value is -1.10. The molecule has 1 saturated carbocycles. The van der Waals surface area contributed by atoms with Crippen LogP contribution in [0, 0.1) is 5.92 Å². The van der Waals surface area contributed by atoms with Gasteiger partial charge in [0.15, 0.2) is 0 Å². The summed E-state index contributed by atoms with van der Waals surface area (Å²) in [5, 5.41) is 3.75. The lowest BCUT2D eigenvalue weighted by Crippen LogP contribution is -2.47. The first-order chi connectivity index (χ1) is 9.61. The summed E-state index contributed by atoms with van der Waals surface area (Å²) in [5.74, 6) is 0.313. The Morgan fingerprint density at radius 1 is 1.45 bits per heavy atom. The second kappa shape index (κ2) is 7.07. The van der Waals surface area contributed by atoms with Gasteiger partial charge in [-0.15, -0.1) is 0 Å². The molecule has 2 unspecified atom stereocenters. The Morgan fingerprint density at radius 3 is 2.60 bits per heavy atom. The monoisotopic (exact) mass is 296 g/mol. The summed E-state index contributed by atoms with van der Waals surface area (Å²) >= 11 is 5.92. The van der Waals surface area contributed by atoms with E-state index >= 15 is 0 Å². The second-order valence-corrected chi connectivity index (χ2v) is 5.73. The fourth-order valence-corrected chi connectivity index (χ4v) is 2.56. The SMILES string of the molecule is COCC(N)C(=O)NC(c1ccc(Cl)cc1)C1CCC1. The molecule has 1 aromatic rings. The van der Waals surface area contributed by atoms with Crippen LogP contribution in [0.15, 0.2) is 24.3 Å². The van der Waals surface area contributed by atoms with Crippen molar-refractivity contribution in [1.82, 2.24) is 5.32 Å². The second-order valence-electron chi connectivity index (χ2n) is 5.29. The maximum atomic E-state index is 12.1. The van der Waals surface area contributed by atoms with Crippen LogP contribution in [0.5, 0.6) is 0 Å². The van der Waals surface area contributed by atoms with E-state index < -0.39 is 6.04 Å². The Morgan fingerprint density at radius 2 is 2.10 bits per heavy atom. The number of nitrogens with one attached hydrogen (secondary N) is 1. The van der Waals surface area contributed by atoms with E-state index in [0.29, 0.717) is 10.9 Å². The number of carbonyl (C=O) groups excluding carboxylic acids is 1. The molecule has 0 heterocycles. The van der Waals surface area contributed by atoms with E-state index in [1.807, 2.05) is 24.3 Å². The van der Waals surface area contributed by atoms with Gasteiger partial charge in [0.05, 0.1) is 12.6 Å². The molecule has 0 aliphatic heterocycles. The van der Waals surface area contributed by atoms with Crippen molar-refractivity contribution < 1.29 is 9.53 Å². The maximum absolute atomic E-state index is 12.1.